The van der Waals surface area contributed by atoms with Crippen molar-refractivity contribution < 1.29 is 9.53 Å². The molecule has 0 saturated heterocycles. The lowest BCUT2D eigenvalue weighted by molar-refractivity contribution is -0.147. The maximum Gasteiger partial charge on any atom is 0.309 e. The summed E-state index contributed by atoms with van der Waals surface area (Å²) in [6.45, 7) is 5.99. The molecule has 0 aromatic carbocycles. The predicted molar refractivity (Wildman–Crippen MR) is 60.6 cm³/mol. The summed E-state index contributed by atoms with van der Waals surface area (Å²) in [6, 6.07) is 0. The van der Waals surface area contributed by atoms with Gasteiger partial charge in [-0.3, -0.25) is 4.79 Å². The van der Waals surface area contributed by atoms with Gasteiger partial charge in [-0.05, 0) is 32.2 Å². The Balaban J connectivity index is 1.90. The monoisotopic (exact) mass is 213 g/mol. The number of carbonyl (C=O) groups excluding carboxylic acids is 1. The second-order valence-corrected chi connectivity index (χ2v) is 4.44. The van der Waals surface area contributed by atoms with Gasteiger partial charge < -0.3 is 10.1 Å². The SMILES string of the molecule is CCOC(=O)C(C)CNCCCC1CC1. The second kappa shape index (κ2) is 6.83. The standard InChI is InChI=1S/C12H23NO2/c1-3-15-12(14)10(2)9-13-8-4-5-11-6-7-11/h10-11,13H,3-9H2,1-2H3. The quantitative estimate of drug-likeness (QED) is 0.495. The zero-order valence-corrected chi connectivity index (χ0v) is 9.92. The van der Waals surface area contributed by atoms with E-state index < -0.39 is 0 Å². The highest BCUT2D eigenvalue weighted by Crippen LogP contribution is 2.33. The molecule has 3 nitrogen and oxygen atoms in total. The molecule has 0 aromatic heterocycles. The molecule has 15 heavy (non-hydrogen) atoms. The highest BCUT2D eigenvalue weighted by molar-refractivity contribution is 5.72. The summed E-state index contributed by atoms with van der Waals surface area (Å²) in [5, 5.41) is 3.31. The normalized spacial score (nSPS) is 17.5. The number of rotatable bonds is 8. The van der Waals surface area contributed by atoms with Crippen LogP contribution in [0.2, 0.25) is 0 Å². The smallest absolute Gasteiger partial charge is 0.309 e. The van der Waals surface area contributed by atoms with E-state index in [1.54, 1.807) is 0 Å². The number of hydrogen-bond donors (Lipinski definition) is 1. The molecule has 1 fully saturated rings. The van der Waals surface area contributed by atoms with Gasteiger partial charge in [-0.15, -0.1) is 0 Å². The van der Waals surface area contributed by atoms with Gasteiger partial charge in [0.15, 0.2) is 0 Å². The van der Waals surface area contributed by atoms with E-state index in [4.69, 9.17) is 4.74 Å². The predicted octanol–water partition coefficient (Wildman–Crippen LogP) is 1.97. The lowest BCUT2D eigenvalue weighted by atomic mass is 10.2. The van der Waals surface area contributed by atoms with Crippen LogP contribution < -0.4 is 5.32 Å². The molecule has 1 unspecified atom stereocenters. The Bertz CT molecular complexity index is 190. The summed E-state index contributed by atoms with van der Waals surface area (Å²) < 4.78 is 4.93. The summed E-state index contributed by atoms with van der Waals surface area (Å²) >= 11 is 0. The van der Waals surface area contributed by atoms with Gasteiger partial charge in [0.05, 0.1) is 12.5 Å². The van der Waals surface area contributed by atoms with Crippen molar-refractivity contribution in [2.24, 2.45) is 11.8 Å². The molecule has 1 N–H and O–H groups in total. The second-order valence-electron chi connectivity index (χ2n) is 4.44. The first-order valence-electron chi connectivity index (χ1n) is 6.11. The molecule has 0 bridgehead atoms. The first kappa shape index (κ1) is 12.5. The molecule has 0 spiro atoms. The summed E-state index contributed by atoms with van der Waals surface area (Å²) in [5.74, 6) is 0.896. The average molecular weight is 213 g/mol. The Kier molecular flexibility index (Phi) is 5.69. The molecular weight excluding hydrogens is 190 g/mol. The number of hydrogen-bond acceptors (Lipinski definition) is 3. The fraction of sp³-hybridized carbons (Fsp3) is 0.917. The summed E-state index contributed by atoms with van der Waals surface area (Å²) in [5.41, 5.74) is 0. The van der Waals surface area contributed by atoms with Gasteiger partial charge in [-0.2, -0.15) is 0 Å². The van der Waals surface area contributed by atoms with Crippen molar-refractivity contribution in [3.63, 3.8) is 0 Å². The van der Waals surface area contributed by atoms with Crippen LogP contribution in [-0.4, -0.2) is 25.7 Å². The largest absolute Gasteiger partial charge is 0.466 e. The Morgan fingerprint density at radius 3 is 2.87 bits per heavy atom. The van der Waals surface area contributed by atoms with Gasteiger partial charge in [-0.25, -0.2) is 0 Å². The third-order valence-corrected chi connectivity index (χ3v) is 2.80. The molecule has 1 saturated carbocycles. The lowest BCUT2D eigenvalue weighted by Gasteiger charge is -2.11. The molecule has 0 aromatic rings. The number of carbonyl (C=O) groups is 1. The fourth-order valence-electron chi connectivity index (χ4n) is 1.61. The van der Waals surface area contributed by atoms with Crippen molar-refractivity contribution in [3.8, 4) is 0 Å². The van der Waals surface area contributed by atoms with E-state index in [0.717, 1.165) is 19.0 Å². The van der Waals surface area contributed by atoms with Crippen LogP contribution >= 0.6 is 0 Å². The Labute approximate surface area is 92.6 Å². The van der Waals surface area contributed by atoms with E-state index >= 15 is 0 Å². The fourth-order valence-corrected chi connectivity index (χ4v) is 1.61. The van der Waals surface area contributed by atoms with E-state index in [1.165, 1.54) is 25.7 Å². The van der Waals surface area contributed by atoms with Gasteiger partial charge in [0, 0.05) is 6.54 Å². The van der Waals surface area contributed by atoms with Crippen LogP contribution in [0.1, 0.15) is 39.5 Å². The van der Waals surface area contributed by atoms with Crippen LogP contribution in [-0.2, 0) is 9.53 Å². The highest BCUT2D eigenvalue weighted by atomic mass is 16.5. The summed E-state index contributed by atoms with van der Waals surface area (Å²) in [4.78, 5) is 11.3. The summed E-state index contributed by atoms with van der Waals surface area (Å²) in [7, 11) is 0. The highest BCUT2D eigenvalue weighted by Gasteiger charge is 2.20. The topological polar surface area (TPSA) is 38.3 Å². The van der Waals surface area contributed by atoms with Crippen molar-refractivity contribution in [2.75, 3.05) is 19.7 Å². The zero-order chi connectivity index (χ0) is 11.1. The van der Waals surface area contributed by atoms with E-state index in [9.17, 15) is 4.79 Å². The molecule has 0 amide bonds. The average Bonchev–Trinajstić information content (AvgIpc) is 3.01. The van der Waals surface area contributed by atoms with Crippen molar-refractivity contribution in [3.05, 3.63) is 0 Å². The lowest BCUT2D eigenvalue weighted by Crippen LogP contribution is -2.28. The van der Waals surface area contributed by atoms with E-state index in [-0.39, 0.29) is 11.9 Å². The van der Waals surface area contributed by atoms with Gasteiger partial charge in [0.1, 0.15) is 0 Å². The molecule has 3 heteroatoms. The van der Waals surface area contributed by atoms with Crippen molar-refractivity contribution in [1.29, 1.82) is 0 Å². The van der Waals surface area contributed by atoms with E-state index in [2.05, 4.69) is 5.32 Å². The van der Waals surface area contributed by atoms with Crippen LogP contribution in [0.3, 0.4) is 0 Å². The van der Waals surface area contributed by atoms with E-state index in [1.807, 2.05) is 13.8 Å². The minimum Gasteiger partial charge on any atom is -0.466 e. The van der Waals surface area contributed by atoms with Crippen LogP contribution in [0.15, 0.2) is 0 Å². The van der Waals surface area contributed by atoms with Gasteiger partial charge in [-0.1, -0.05) is 19.8 Å². The Hall–Kier alpha value is -0.570. The maximum absolute atomic E-state index is 11.3. The molecule has 1 atom stereocenters. The molecule has 88 valence electrons. The molecule has 1 aliphatic carbocycles. The number of nitrogens with one attached hydrogen (secondary N) is 1. The first-order valence-corrected chi connectivity index (χ1v) is 6.11. The maximum atomic E-state index is 11.3. The molecule has 0 aliphatic heterocycles. The van der Waals surface area contributed by atoms with Crippen LogP contribution in [0, 0.1) is 11.8 Å². The third kappa shape index (κ3) is 5.78. The Morgan fingerprint density at radius 1 is 1.53 bits per heavy atom. The van der Waals surface area contributed by atoms with Crippen molar-refractivity contribution >= 4 is 5.97 Å². The van der Waals surface area contributed by atoms with E-state index in [0.29, 0.717) is 6.61 Å². The van der Waals surface area contributed by atoms with Crippen molar-refractivity contribution in [2.45, 2.75) is 39.5 Å². The van der Waals surface area contributed by atoms with Crippen LogP contribution in [0.5, 0.6) is 0 Å². The summed E-state index contributed by atoms with van der Waals surface area (Å²) in [6.07, 6.45) is 5.44. The Morgan fingerprint density at radius 2 is 2.27 bits per heavy atom. The molecule has 1 aliphatic rings. The zero-order valence-electron chi connectivity index (χ0n) is 9.92. The van der Waals surface area contributed by atoms with Gasteiger partial charge >= 0.3 is 5.97 Å². The van der Waals surface area contributed by atoms with Crippen LogP contribution in [0.25, 0.3) is 0 Å². The molecule has 1 rings (SSSR count). The number of ether oxygens (including phenoxy) is 1. The van der Waals surface area contributed by atoms with Crippen molar-refractivity contribution in [1.82, 2.24) is 5.32 Å². The third-order valence-electron chi connectivity index (χ3n) is 2.80. The van der Waals surface area contributed by atoms with Gasteiger partial charge in [0.2, 0.25) is 0 Å². The van der Waals surface area contributed by atoms with Gasteiger partial charge in [0.25, 0.3) is 0 Å². The molecule has 0 radical (unpaired) electrons. The minimum absolute atomic E-state index is 0.0223. The minimum atomic E-state index is -0.0906. The first-order chi connectivity index (χ1) is 7.24. The molecular formula is C12H23NO2. The number of esters is 1. The molecule has 0 heterocycles. The van der Waals surface area contributed by atoms with Crippen LogP contribution in [0.4, 0.5) is 0 Å².